The summed E-state index contributed by atoms with van der Waals surface area (Å²) in [6, 6.07) is 13.0. The van der Waals surface area contributed by atoms with Crippen LogP contribution >= 0.6 is 24.0 Å². The summed E-state index contributed by atoms with van der Waals surface area (Å²) in [5.41, 5.74) is 2.26. The molecule has 0 spiro atoms. The number of guanidine groups is 1. The predicted molar refractivity (Wildman–Crippen MR) is 111 cm³/mol. The van der Waals surface area contributed by atoms with E-state index in [1.165, 1.54) is 12.1 Å². The van der Waals surface area contributed by atoms with Gasteiger partial charge in [-0.05, 0) is 28.8 Å². The standard InChI is InChI=1S/C19H22F3N3O.HI/c1-23-18(25-12-15-5-3-4-6-16(15)13-26-2)24-11-14-7-9-17(10-8-14)19(20,21)22;/h3-10H,11-13H2,1-2H3,(H2,23,24,25);1H. The summed E-state index contributed by atoms with van der Waals surface area (Å²) in [4.78, 5) is 4.13. The zero-order valence-corrected chi connectivity index (χ0v) is 17.5. The normalized spacial score (nSPS) is 11.7. The number of alkyl halides is 3. The highest BCUT2D eigenvalue weighted by Gasteiger charge is 2.29. The van der Waals surface area contributed by atoms with Gasteiger partial charge in [-0.1, -0.05) is 36.4 Å². The lowest BCUT2D eigenvalue weighted by atomic mass is 10.1. The van der Waals surface area contributed by atoms with Gasteiger partial charge in [0, 0.05) is 27.2 Å². The highest BCUT2D eigenvalue weighted by molar-refractivity contribution is 14.0. The van der Waals surface area contributed by atoms with Gasteiger partial charge in [-0.25, -0.2) is 0 Å². The Balaban J connectivity index is 0.00000364. The minimum absolute atomic E-state index is 0. The summed E-state index contributed by atoms with van der Waals surface area (Å²) in [7, 11) is 3.29. The van der Waals surface area contributed by atoms with Crippen LogP contribution in [0.1, 0.15) is 22.3 Å². The SMILES string of the molecule is CN=C(NCc1ccc(C(F)(F)F)cc1)NCc1ccccc1COC.I. The molecule has 0 aliphatic rings. The molecule has 0 fully saturated rings. The van der Waals surface area contributed by atoms with Crippen LogP contribution in [0.3, 0.4) is 0 Å². The molecule has 0 aromatic heterocycles. The molecule has 2 rings (SSSR count). The van der Waals surface area contributed by atoms with E-state index in [1.807, 2.05) is 24.3 Å². The van der Waals surface area contributed by atoms with Gasteiger partial charge in [-0.15, -0.1) is 24.0 Å². The highest BCUT2D eigenvalue weighted by Crippen LogP contribution is 2.29. The van der Waals surface area contributed by atoms with Crippen LogP contribution in [0.15, 0.2) is 53.5 Å². The lowest BCUT2D eigenvalue weighted by Gasteiger charge is -2.14. The average molecular weight is 493 g/mol. The summed E-state index contributed by atoms with van der Waals surface area (Å²) in [5, 5.41) is 6.29. The Morgan fingerprint density at radius 1 is 0.963 bits per heavy atom. The molecule has 0 atom stereocenters. The van der Waals surface area contributed by atoms with E-state index in [0.29, 0.717) is 25.7 Å². The summed E-state index contributed by atoms with van der Waals surface area (Å²) < 4.78 is 42.9. The van der Waals surface area contributed by atoms with E-state index in [9.17, 15) is 13.2 Å². The first kappa shape index (κ1) is 23.2. The summed E-state index contributed by atoms with van der Waals surface area (Å²) in [6.07, 6.45) is -4.32. The molecule has 0 unspecified atom stereocenters. The van der Waals surface area contributed by atoms with Gasteiger partial charge in [0.2, 0.25) is 0 Å². The van der Waals surface area contributed by atoms with Crippen LogP contribution in [0.25, 0.3) is 0 Å². The average Bonchev–Trinajstić information content (AvgIpc) is 2.63. The largest absolute Gasteiger partial charge is 0.416 e. The molecule has 0 heterocycles. The molecule has 0 amide bonds. The molecule has 0 aliphatic heterocycles. The van der Waals surface area contributed by atoms with E-state index < -0.39 is 11.7 Å². The van der Waals surface area contributed by atoms with Crippen molar-refractivity contribution in [1.82, 2.24) is 10.6 Å². The number of halogens is 4. The maximum absolute atomic E-state index is 12.6. The molecule has 8 heteroatoms. The number of nitrogens with zero attached hydrogens (tertiary/aromatic N) is 1. The minimum Gasteiger partial charge on any atom is -0.380 e. The van der Waals surface area contributed by atoms with Crippen LogP contribution in [-0.4, -0.2) is 20.1 Å². The van der Waals surface area contributed by atoms with Crippen molar-refractivity contribution in [3.8, 4) is 0 Å². The van der Waals surface area contributed by atoms with Crippen molar-refractivity contribution in [1.29, 1.82) is 0 Å². The Bertz CT molecular complexity index is 734. The van der Waals surface area contributed by atoms with E-state index >= 15 is 0 Å². The Kier molecular flexibility index (Phi) is 9.57. The number of nitrogens with one attached hydrogen (secondary N) is 2. The zero-order valence-electron chi connectivity index (χ0n) is 15.1. The van der Waals surface area contributed by atoms with E-state index in [0.717, 1.165) is 28.8 Å². The molecule has 0 saturated carbocycles. The van der Waals surface area contributed by atoms with Crippen LogP contribution in [0, 0.1) is 0 Å². The van der Waals surface area contributed by atoms with Crippen molar-refractivity contribution in [3.63, 3.8) is 0 Å². The summed E-state index contributed by atoms with van der Waals surface area (Å²) in [6.45, 7) is 1.46. The van der Waals surface area contributed by atoms with E-state index in [2.05, 4.69) is 15.6 Å². The first-order chi connectivity index (χ1) is 12.4. The third-order valence-electron chi connectivity index (χ3n) is 3.83. The summed E-state index contributed by atoms with van der Waals surface area (Å²) in [5.74, 6) is 0.567. The van der Waals surface area contributed by atoms with Crippen LogP contribution in [-0.2, 0) is 30.6 Å². The molecule has 2 aromatic carbocycles. The van der Waals surface area contributed by atoms with Crippen LogP contribution in [0.5, 0.6) is 0 Å². The van der Waals surface area contributed by atoms with Gasteiger partial charge in [0.05, 0.1) is 12.2 Å². The number of ether oxygens (including phenoxy) is 1. The molecule has 0 bridgehead atoms. The van der Waals surface area contributed by atoms with Crippen LogP contribution in [0.4, 0.5) is 13.2 Å². The number of aliphatic imine (C=N–C) groups is 1. The molecule has 0 saturated heterocycles. The third kappa shape index (κ3) is 7.37. The molecule has 0 aliphatic carbocycles. The first-order valence-electron chi connectivity index (χ1n) is 8.10. The van der Waals surface area contributed by atoms with Crippen LogP contribution < -0.4 is 10.6 Å². The van der Waals surface area contributed by atoms with Crippen molar-refractivity contribution in [2.75, 3.05) is 14.2 Å². The van der Waals surface area contributed by atoms with Crippen molar-refractivity contribution in [3.05, 3.63) is 70.8 Å². The Hall–Kier alpha value is -1.81. The van der Waals surface area contributed by atoms with Crippen molar-refractivity contribution >= 4 is 29.9 Å². The fourth-order valence-corrected chi connectivity index (χ4v) is 2.42. The maximum atomic E-state index is 12.6. The second-order valence-corrected chi connectivity index (χ2v) is 5.68. The number of hydrogen-bond donors (Lipinski definition) is 2. The van der Waals surface area contributed by atoms with Gasteiger partial charge < -0.3 is 15.4 Å². The van der Waals surface area contributed by atoms with Crippen LogP contribution in [0.2, 0.25) is 0 Å². The van der Waals surface area contributed by atoms with Crippen molar-refractivity contribution in [2.24, 2.45) is 4.99 Å². The van der Waals surface area contributed by atoms with Gasteiger partial charge in [0.25, 0.3) is 0 Å². The topological polar surface area (TPSA) is 45.7 Å². The Labute approximate surface area is 174 Å². The zero-order chi connectivity index (χ0) is 19.0. The molecular weight excluding hydrogens is 470 g/mol. The number of methoxy groups -OCH3 is 1. The predicted octanol–water partition coefficient (Wildman–Crippen LogP) is 4.34. The lowest BCUT2D eigenvalue weighted by molar-refractivity contribution is -0.137. The Morgan fingerprint density at radius 2 is 1.56 bits per heavy atom. The Morgan fingerprint density at radius 3 is 2.11 bits per heavy atom. The number of rotatable bonds is 6. The molecule has 2 N–H and O–H groups in total. The fourth-order valence-electron chi connectivity index (χ4n) is 2.42. The highest BCUT2D eigenvalue weighted by atomic mass is 127. The smallest absolute Gasteiger partial charge is 0.380 e. The third-order valence-corrected chi connectivity index (χ3v) is 3.83. The molecule has 27 heavy (non-hydrogen) atoms. The van der Waals surface area contributed by atoms with E-state index in [1.54, 1.807) is 14.2 Å². The quantitative estimate of drug-likeness (QED) is 0.358. The van der Waals surface area contributed by atoms with Crippen molar-refractivity contribution in [2.45, 2.75) is 25.9 Å². The lowest BCUT2D eigenvalue weighted by Crippen LogP contribution is -2.36. The number of hydrogen-bond acceptors (Lipinski definition) is 2. The van der Waals surface area contributed by atoms with Gasteiger partial charge >= 0.3 is 6.18 Å². The number of benzene rings is 2. The molecule has 0 radical (unpaired) electrons. The first-order valence-corrected chi connectivity index (χ1v) is 8.10. The van der Waals surface area contributed by atoms with Crippen molar-refractivity contribution < 1.29 is 17.9 Å². The molecule has 4 nitrogen and oxygen atoms in total. The maximum Gasteiger partial charge on any atom is 0.416 e. The minimum atomic E-state index is -4.32. The monoisotopic (exact) mass is 493 g/mol. The van der Waals surface area contributed by atoms with Gasteiger partial charge in [0.15, 0.2) is 5.96 Å². The molecular formula is C19H23F3IN3O. The second kappa shape index (κ2) is 11.1. The van der Waals surface area contributed by atoms with E-state index in [-0.39, 0.29) is 24.0 Å². The molecule has 148 valence electrons. The van der Waals surface area contributed by atoms with E-state index in [4.69, 9.17) is 4.74 Å². The molecule has 2 aromatic rings. The van der Waals surface area contributed by atoms with Gasteiger partial charge in [-0.3, -0.25) is 4.99 Å². The van der Waals surface area contributed by atoms with Gasteiger partial charge in [0.1, 0.15) is 0 Å². The fraction of sp³-hybridized carbons (Fsp3) is 0.316. The summed E-state index contributed by atoms with van der Waals surface area (Å²) >= 11 is 0. The van der Waals surface area contributed by atoms with Gasteiger partial charge in [-0.2, -0.15) is 13.2 Å². The second-order valence-electron chi connectivity index (χ2n) is 5.68.